The van der Waals surface area contributed by atoms with Gasteiger partial charge in [-0.05, 0) is 6.92 Å². The zero-order chi connectivity index (χ0) is 10.8. The monoisotopic (exact) mass is 230 g/mol. The SMILES string of the molecule is Cc1nc(C2CSCCO2)[nH]c(=O)c1F. The number of aromatic amines is 1. The number of halogens is 1. The summed E-state index contributed by atoms with van der Waals surface area (Å²) in [7, 11) is 0. The molecule has 0 aliphatic carbocycles. The highest BCUT2D eigenvalue weighted by atomic mass is 32.2. The van der Waals surface area contributed by atoms with Gasteiger partial charge in [0.05, 0.1) is 12.3 Å². The van der Waals surface area contributed by atoms with Crippen LogP contribution in [0.4, 0.5) is 4.39 Å². The number of nitrogens with zero attached hydrogens (tertiary/aromatic N) is 1. The number of rotatable bonds is 1. The van der Waals surface area contributed by atoms with Crippen molar-refractivity contribution in [1.82, 2.24) is 9.97 Å². The molecule has 1 aliphatic heterocycles. The molecule has 1 unspecified atom stereocenters. The Morgan fingerprint density at radius 1 is 1.67 bits per heavy atom. The Labute approximate surface area is 90.3 Å². The highest BCUT2D eigenvalue weighted by Gasteiger charge is 2.20. The number of H-pyrrole nitrogens is 1. The average Bonchev–Trinajstić information content (AvgIpc) is 2.26. The predicted molar refractivity (Wildman–Crippen MR) is 55.6 cm³/mol. The number of aromatic nitrogens is 2. The first-order valence-electron chi connectivity index (χ1n) is 4.64. The van der Waals surface area contributed by atoms with Gasteiger partial charge in [0.2, 0.25) is 5.82 Å². The summed E-state index contributed by atoms with van der Waals surface area (Å²) in [6, 6.07) is 0. The molecule has 1 aliphatic rings. The lowest BCUT2D eigenvalue weighted by Crippen LogP contribution is -2.24. The van der Waals surface area contributed by atoms with Crippen molar-refractivity contribution in [2.45, 2.75) is 13.0 Å². The van der Waals surface area contributed by atoms with E-state index < -0.39 is 11.4 Å². The minimum Gasteiger partial charge on any atom is -0.369 e. The molecule has 4 nitrogen and oxygen atoms in total. The van der Waals surface area contributed by atoms with Crippen molar-refractivity contribution in [1.29, 1.82) is 0 Å². The zero-order valence-corrected chi connectivity index (χ0v) is 9.07. The van der Waals surface area contributed by atoms with Crippen molar-refractivity contribution in [2.24, 2.45) is 0 Å². The van der Waals surface area contributed by atoms with E-state index in [0.717, 1.165) is 11.5 Å². The van der Waals surface area contributed by atoms with Gasteiger partial charge >= 0.3 is 0 Å². The van der Waals surface area contributed by atoms with Crippen LogP contribution in [0.1, 0.15) is 17.6 Å². The van der Waals surface area contributed by atoms with Gasteiger partial charge in [0.1, 0.15) is 11.9 Å². The van der Waals surface area contributed by atoms with Crippen molar-refractivity contribution >= 4 is 11.8 Å². The molecular formula is C9H11FN2O2S. The summed E-state index contributed by atoms with van der Waals surface area (Å²) in [5.74, 6) is 1.29. The normalized spacial score (nSPS) is 21.6. The molecule has 1 fully saturated rings. The molecule has 0 saturated carbocycles. The van der Waals surface area contributed by atoms with Crippen LogP contribution in [0.5, 0.6) is 0 Å². The standard InChI is InChI=1S/C9H11FN2O2S/c1-5-7(10)9(13)12-8(11-5)6-4-15-3-2-14-6/h6H,2-4H2,1H3,(H,11,12,13). The van der Waals surface area contributed by atoms with Crippen LogP contribution in [-0.4, -0.2) is 28.1 Å². The van der Waals surface area contributed by atoms with E-state index in [1.807, 2.05) is 0 Å². The minimum absolute atomic E-state index is 0.118. The van der Waals surface area contributed by atoms with Crippen molar-refractivity contribution < 1.29 is 9.13 Å². The van der Waals surface area contributed by atoms with Gasteiger partial charge < -0.3 is 9.72 Å². The molecule has 15 heavy (non-hydrogen) atoms. The number of thioether (sulfide) groups is 1. The number of ether oxygens (including phenoxy) is 1. The molecular weight excluding hydrogens is 219 g/mol. The Hall–Kier alpha value is -0.880. The van der Waals surface area contributed by atoms with Crippen LogP contribution in [0.25, 0.3) is 0 Å². The highest BCUT2D eigenvalue weighted by Crippen LogP contribution is 2.23. The minimum atomic E-state index is -0.817. The molecule has 82 valence electrons. The van der Waals surface area contributed by atoms with Gasteiger partial charge in [-0.3, -0.25) is 4.79 Å². The van der Waals surface area contributed by atoms with Gasteiger partial charge in [0, 0.05) is 11.5 Å². The van der Waals surface area contributed by atoms with Gasteiger partial charge in [-0.25, -0.2) is 4.98 Å². The Morgan fingerprint density at radius 3 is 3.07 bits per heavy atom. The third kappa shape index (κ3) is 2.21. The molecule has 2 rings (SSSR count). The summed E-state index contributed by atoms with van der Waals surface area (Å²) < 4.78 is 18.5. The fourth-order valence-corrected chi connectivity index (χ4v) is 2.24. The third-order valence-electron chi connectivity index (χ3n) is 2.17. The van der Waals surface area contributed by atoms with E-state index in [9.17, 15) is 9.18 Å². The van der Waals surface area contributed by atoms with Crippen LogP contribution in [0.2, 0.25) is 0 Å². The quantitative estimate of drug-likeness (QED) is 0.782. The van der Waals surface area contributed by atoms with Gasteiger partial charge in [-0.2, -0.15) is 16.2 Å². The largest absolute Gasteiger partial charge is 0.369 e. The number of hydrogen-bond acceptors (Lipinski definition) is 4. The maximum atomic E-state index is 13.0. The summed E-state index contributed by atoms with van der Waals surface area (Å²) in [6.45, 7) is 2.11. The first-order valence-corrected chi connectivity index (χ1v) is 5.79. The van der Waals surface area contributed by atoms with Gasteiger partial charge in [0.25, 0.3) is 5.56 Å². The van der Waals surface area contributed by atoms with Crippen molar-refractivity contribution in [3.8, 4) is 0 Å². The Morgan fingerprint density at radius 2 is 2.47 bits per heavy atom. The number of hydrogen-bond donors (Lipinski definition) is 1. The van der Waals surface area contributed by atoms with Crippen molar-refractivity contribution in [3.05, 3.63) is 27.7 Å². The van der Waals surface area contributed by atoms with E-state index in [-0.39, 0.29) is 11.8 Å². The van der Waals surface area contributed by atoms with Crippen molar-refractivity contribution in [3.63, 3.8) is 0 Å². The van der Waals surface area contributed by atoms with E-state index in [1.165, 1.54) is 6.92 Å². The molecule has 0 amide bonds. The number of aryl methyl sites for hydroxylation is 1. The lowest BCUT2D eigenvalue weighted by molar-refractivity contribution is 0.0689. The van der Waals surface area contributed by atoms with E-state index in [2.05, 4.69) is 9.97 Å². The highest BCUT2D eigenvalue weighted by molar-refractivity contribution is 7.99. The molecule has 2 heterocycles. The van der Waals surface area contributed by atoms with Crippen LogP contribution in [0.3, 0.4) is 0 Å². The first kappa shape index (κ1) is 10.6. The maximum absolute atomic E-state index is 13.0. The summed E-state index contributed by atoms with van der Waals surface area (Å²) in [4.78, 5) is 17.6. The molecule has 0 radical (unpaired) electrons. The zero-order valence-electron chi connectivity index (χ0n) is 8.25. The smallest absolute Gasteiger partial charge is 0.287 e. The van der Waals surface area contributed by atoms with E-state index in [1.54, 1.807) is 11.8 Å². The molecule has 0 aromatic carbocycles. The third-order valence-corrected chi connectivity index (χ3v) is 3.16. The topological polar surface area (TPSA) is 55.0 Å². The molecule has 1 N–H and O–H groups in total. The van der Waals surface area contributed by atoms with Crippen LogP contribution in [0.15, 0.2) is 4.79 Å². The molecule has 1 aromatic rings. The van der Waals surface area contributed by atoms with Crippen LogP contribution < -0.4 is 5.56 Å². The Kier molecular flexibility index (Phi) is 3.06. The van der Waals surface area contributed by atoms with Crippen LogP contribution in [-0.2, 0) is 4.74 Å². The second-order valence-corrected chi connectivity index (χ2v) is 4.43. The second-order valence-electron chi connectivity index (χ2n) is 3.28. The molecule has 6 heteroatoms. The summed E-state index contributed by atoms with van der Waals surface area (Å²) in [5.41, 5.74) is -0.607. The van der Waals surface area contributed by atoms with E-state index in [4.69, 9.17) is 4.74 Å². The lowest BCUT2D eigenvalue weighted by Gasteiger charge is -2.21. The van der Waals surface area contributed by atoms with Gasteiger partial charge in [0.15, 0.2) is 0 Å². The summed E-state index contributed by atoms with van der Waals surface area (Å²) in [6.07, 6.45) is -0.226. The van der Waals surface area contributed by atoms with Crippen LogP contribution >= 0.6 is 11.8 Å². The fourth-order valence-electron chi connectivity index (χ4n) is 1.39. The maximum Gasteiger partial charge on any atom is 0.287 e. The van der Waals surface area contributed by atoms with Gasteiger partial charge in [-0.1, -0.05) is 0 Å². The van der Waals surface area contributed by atoms with Gasteiger partial charge in [-0.15, -0.1) is 0 Å². The summed E-state index contributed by atoms with van der Waals surface area (Å²) in [5, 5.41) is 0. The average molecular weight is 230 g/mol. The molecule has 0 spiro atoms. The lowest BCUT2D eigenvalue weighted by atomic mass is 10.3. The summed E-state index contributed by atoms with van der Waals surface area (Å²) >= 11 is 1.73. The van der Waals surface area contributed by atoms with E-state index in [0.29, 0.717) is 12.4 Å². The Bertz CT molecular complexity index is 415. The molecule has 1 aromatic heterocycles. The predicted octanol–water partition coefficient (Wildman–Crippen LogP) is 1.02. The van der Waals surface area contributed by atoms with E-state index >= 15 is 0 Å². The second kappa shape index (κ2) is 4.32. The Balaban J connectivity index is 2.32. The fraction of sp³-hybridized carbons (Fsp3) is 0.556. The molecule has 1 saturated heterocycles. The molecule has 0 bridgehead atoms. The first-order chi connectivity index (χ1) is 7.18. The number of nitrogens with one attached hydrogen (secondary N) is 1. The van der Waals surface area contributed by atoms with Crippen LogP contribution in [0, 0.1) is 12.7 Å². The van der Waals surface area contributed by atoms with Crippen molar-refractivity contribution in [2.75, 3.05) is 18.1 Å². The molecule has 1 atom stereocenters.